The summed E-state index contributed by atoms with van der Waals surface area (Å²) in [6.45, 7) is 4.09. The summed E-state index contributed by atoms with van der Waals surface area (Å²) in [7, 11) is 1.95. The van der Waals surface area contributed by atoms with Crippen molar-refractivity contribution in [3.05, 3.63) is 39.7 Å². The van der Waals surface area contributed by atoms with E-state index >= 15 is 0 Å². The Kier molecular flexibility index (Phi) is 3.41. The summed E-state index contributed by atoms with van der Waals surface area (Å²) in [6.07, 6.45) is 2.62. The van der Waals surface area contributed by atoms with Crippen LogP contribution in [0, 0.1) is 13.8 Å². The standard InChI is InChI=1S/C12H16N2OS/c1-8-4-5-15-12(8)10(13-3)6-11-14-9(2)7-16-11/h4-5,7,10,13H,6H2,1-3H3. The predicted molar refractivity (Wildman–Crippen MR) is 65.8 cm³/mol. The Morgan fingerprint density at radius 2 is 2.31 bits per heavy atom. The lowest BCUT2D eigenvalue weighted by Crippen LogP contribution is -2.19. The van der Waals surface area contributed by atoms with Crippen molar-refractivity contribution in [3.63, 3.8) is 0 Å². The molecule has 0 aliphatic carbocycles. The van der Waals surface area contributed by atoms with Crippen LogP contribution >= 0.6 is 11.3 Å². The molecule has 86 valence electrons. The van der Waals surface area contributed by atoms with Gasteiger partial charge in [-0.25, -0.2) is 4.98 Å². The Hall–Kier alpha value is -1.13. The summed E-state index contributed by atoms with van der Waals surface area (Å²) < 4.78 is 5.51. The predicted octanol–water partition coefficient (Wildman–Crippen LogP) is 2.86. The van der Waals surface area contributed by atoms with Gasteiger partial charge in [-0.05, 0) is 32.5 Å². The molecule has 1 unspecified atom stereocenters. The molecular weight excluding hydrogens is 220 g/mol. The number of hydrogen-bond donors (Lipinski definition) is 1. The van der Waals surface area contributed by atoms with Crippen LogP contribution in [0.15, 0.2) is 22.1 Å². The number of hydrogen-bond acceptors (Lipinski definition) is 4. The van der Waals surface area contributed by atoms with Gasteiger partial charge >= 0.3 is 0 Å². The molecule has 0 saturated heterocycles. The third kappa shape index (κ3) is 2.33. The molecule has 2 aromatic rings. The van der Waals surface area contributed by atoms with Crippen molar-refractivity contribution >= 4 is 11.3 Å². The van der Waals surface area contributed by atoms with Crippen LogP contribution in [-0.4, -0.2) is 12.0 Å². The van der Waals surface area contributed by atoms with Gasteiger partial charge in [0.15, 0.2) is 0 Å². The average molecular weight is 236 g/mol. The van der Waals surface area contributed by atoms with E-state index in [9.17, 15) is 0 Å². The molecule has 2 rings (SSSR count). The van der Waals surface area contributed by atoms with E-state index in [1.807, 2.05) is 20.0 Å². The van der Waals surface area contributed by atoms with E-state index in [0.29, 0.717) is 0 Å². The molecule has 0 aliphatic rings. The zero-order valence-electron chi connectivity index (χ0n) is 9.78. The van der Waals surface area contributed by atoms with Gasteiger partial charge in [0.25, 0.3) is 0 Å². The molecule has 0 fully saturated rings. The van der Waals surface area contributed by atoms with Gasteiger partial charge in [0, 0.05) is 17.5 Å². The average Bonchev–Trinajstić information content (AvgIpc) is 2.84. The highest BCUT2D eigenvalue weighted by atomic mass is 32.1. The van der Waals surface area contributed by atoms with Crippen LogP contribution in [0.4, 0.5) is 0 Å². The lowest BCUT2D eigenvalue weighted by molar-refractivity contribution is 0.426. The summed E-state index contributed by atoms with van der Waals surface area (Å²) >= 11 is 1.70. The summed E-state index contributed by atoms with van der Waals surface area (Å²) in [4.78, 5) is 4.47. The number of furan rings is 1. The fourth-order valence-corrected chi connectivity index (χ4v) is 2.56. The molecule has 0 amide bonds. The third-order valence-corrected chi connectivity index (χ3v) is 3.60. The third-order valence-electron chi connectivity index (χ3n) is 2.61. The molecule has 2 heterocycles. The summed E-state index contributed by atoms with van der Waals surface area (Å²) in [5, 5.41) is 6.50. The van der Waals surface area contributed by atoms with Crippen molar-refractivity contribution in [2.75, 3.05) is 7.05 Å². The van der Waals surface area contributed by atoms with Crippen LogP contribution in [0.25, 0.3) is 0 Å². The Morgan fingerprint density at radius 1 is 1.50 bits per heavy atom. The van der Waals surface area contributed by atoms with Crippen LogP contribution < -0.4 is 5.32 Å². The van der Waals surface area contributed by atoms with E-state index in [1.165, 1.54) is 5.56 Å². The van der Waals surface area contributed by atoms with Gasteiger partial charge in [-0.15, -0.1) is 11.3 Å². The molecule has 0 aliphatic heterocycles. The van der Waals surface area contributed by atoms with Crippen LogP contribution in [0.3, 0.4) is 0 Å². The van der Waals surface area contributed by atoms with E-state index in [4.69, 9.17) is 4.42 Å². The number of nitrogens with zero attached hydrogens (tertiary/aromatic N) is 1. The highest BCUT2D eigenvalue weighted by Crippen LogP contribution is 2.23. The van der Waals surface area contributed by atoms with Gasteiger partial charge in [-0.2, -0.15) is 0 Å². The lowest BCUT2D eigenvalue weighted by atomic mass is 10.1. The second-order valence-electron chi connectivity index (χ2n) is 3.90. The Bertz CT molecular complexity index is 461. The van der Waals surface area contributed by atoms with Crippen molar-refractivity contribution in [1.29, 1.82) is 0 Å². The lowest BCUT2D eigenvalue weighted by Gasteiger charge is -2.12. The molecule has 0 aromatic carbocycles. The molecule has 16 heavy (non-hydrogen) atoms. The van der Waals surface area contributed by atoms with Crippen LogP contribution in [0.2, 0.25) is 0 Å². The number of nitrogens with one attached hydrogen (secondary N) is 1. The van der Waals surface area contributed by atoms with E-state index in [0.717, 1.165) is 22.9 Å². The van der Waals surface area contributed by atoms with Gasteiger partial charge in [0.05, 0.1) is 17.3 Å². The Labute approximate surface area is 99.5 Å². The minimum atomic E-state index is 0.209. The smallest absolute Gasteiger partial charge is 0.123 e. The van der Waals surface area contributed by atoms with Gasteiger partial charge in [-0.3, -0.25) is 0 Å². The molecule has 0 spiro atoms. The molecule has 2 aromatic heterocycles. The molecule has 0 radical (unpaired) electrons. The molecule has 3 nitrogen and oxygen atoms in total. The van der Waals surface area contributed by atoms with E-state index in [2.05, 4.69) is 22.6 Å². The summed E-state index contributed by atoms with van der Waals surface area (Å²) in [5.74, 6) is 1.01. The fourth-order valence-electron chi connectivity index (χ4n) is 1.74. The second kappa shape index (κ2) is 4.80. The number of likely N-dealkylation sites (N-methyl/N-ethyl adjacent to an activating group) is 1. The minimum Gasteiger partial charge on any atom is -0.467 e. The molecule has 0 saturated carbocycles. The monoisotopic (exact) mass is 236 g/mol. The first kappa shape index (κ1) is 11.4. The first-order chi connectivity index (χ1) is 7.70. The quantitative estimate of drug-likeness (QED) is 0.887. The summed E-state index contributed by atoms with van der Waals surface area (Å²) in [6, 6.07) is 2.20. The largest absolute Gasteiger partial charge is 0.467 e. The van der Waals surface area contributed by atoms with Crippen LogP contribution in [-0.2, 0) is 6.42 Å². The number of aryl methyl sites for hydroxylation is 2. The van der Waals surface area contributed by atoms with Gasteiger partial charge in [0.1, 0.15) is 5.76 Å². The van der Waals surface area contributed by atoms with Crippen LogP contribution in [0.5, 0.6) is 0 Å². The summed E-state index contributed by atoms with van der Waals surface area (Å²) in [5.41, 5.74) is 2.28. The van der Waals surface area contributed by atoms with Gasteiger partial charge in [0.2, 0.25) is 0 Å². The van der Waals surface area contributed by atoms with E-state index in [-0.39, 0.29) is 6.04 Å². The van der Waals surface area contributed by atoms with Gasteiger partial charge < -0.3 is 9.73 Å². The van der Waals surface area contributed by atoms with Crippen LogP contribution in [0.1, 0.15) is 28.1 Å². The number of thiazole rings is 1. The normalized spacial score (nSPS) is 12.9. The van der Waals surface area contributed by atoms with Crippen molar-refractivity contribution in [2.45, 2.75) is 26.3 Å². The first-order valence-electron chi connectivity index (χ1n) is 5.33. The molecule has 4 heteroatoms. The highest BCUT2D eigenvalue weighted by Gasteiger charge is 2.17. The van der Waals surface area contributed by atoms with Gasteiger partial charge in [-0.1, -0.05) is 0 Å². The van der Waals surface area contributed by atoms with Crippen molar-refractivity contribution in [3.8, 4) is 0 Å². The van der Waals surface area contributed by atoms with Crippen molar-refractivity contribution in [2.24, 2.45) is 0 Å². The van der Waals surface area contributed by atoms with E-state index < -0.39 is 0 Å². The highest BCUT2D eigenvalue weighted by molar-refractivity contribution is 7.09. The topological polar surface area (TPSA) is 38.1 Å². The first-order valence-corrected chi connectivity index (χ1v) is 6.21. The zero-order chi connectivity index (χ0) is 11.5. The molecular formula is C12H16N2OS. The number of rotatable bonds is 4. The maximum atomic E-state index is 5.51. The fraction of sp³-hybridized carbons (Fsp3) is 0.417. The van der Waals surface area contributed by atoms with Crippen molar-refractivity contribution in [1.82, 2.24) is 10.3 Å². The van der Waals surface area contributed by atoms with E-state index in [1.54, 1.807) is 17.6 Å². The molecule has 0 bridgehead atoms. The maximum Gasteiger partial charge on any atom is 0.123 e. The number of aromatic nitrogens is 1. The van der Waals surface area contributed by atoms with Crippen molar-refractivity contribution < 1.29 is 4.42 Å². The SMILES string of the molecule is CNC(Cc1nc(C)cs1)c1occc1C. The Morgan fingerprint density at radius 3 is 2.81 bits per heavy atom. The maximum absolute atomic E-state index is 5.51. The molecule has 1 N–H and O–H groups in total. The second-order valence-corrected chi connectivity index (χ2v) is 4.84. The Balaban J connectivity index is 2.15. The zero-order valence-corrected chi connectivity index (χ0v) is 10.6. The minimum absolute atomic E-state index is 0.209. The molecule has 1 atom stereocenters.